The number of nitrogens with one attached hydrogen (secondary N) is 2. The first-order valence-corrected chi connectivity index (χ1v) is 6.79. The molecule has 2 N–H and O–H groups in total. The Morgan fingerprint density at radius 2 is 2.38 bits per heavy atom. The number of aromatic amines is 1. The van der Waals surface area contributed by atoms with Gasteiger partial charge in [-0.25, -0.2) is 0 Å². The predicted octanol–water partition coefficient (Wildman–Crippen LogP) is 2.19. The zero-order valence-corrected chi connectivity index (χ0v) is 10.3. The van der Waals surface area contributed by atoms with Gasteiger partial charge in [0.15, 0.2) is 5.82 Å². The van der Waals surface area contributed by atoms with Crippen LogP contribution in [0.5, 0.6) is 0 Å². The van der Waals surface area contributed by atoms with E-state index >= 15 is 0 Å². The lowest BCUT2D eigenvalue weighted by Crippen LogP contribution is -2.19. The zero-order chi connectivity index (χ0) is 11.4. The van der Waals surface area contributed by atoms with E-state index in [2.05, 4.69) is 15.5 Å². The van der Waals surface area contributed by atoms with Crippen molar-refractivity contribution in [2.75, 3.05) is 16.8 Å². The topological polar surface area (TPSA) is 57.8 Å². The van der Waals surface area contributed by atoms with Crippen molar-refractivity contribution in [3.63, 3.8) is 0 Å². The van der Waals surface area contributed by atoms with Gasteiger partial charge in [-0.05, 0) is 37.2 Å². The highest BCUT2D eigenvalue weighted by molar-refractivity contribution is 7.99. The first-order valence-electron chi connectivity index (χ1n) is 5.63. The number of amides is 1. The molecule has 0 aromatic carbocycles. The van der Waals surface area contributed by atoms with Gasteiger partial charge in [0.2, 0.25) is 5.91 Å². The number of hydrogen-bond donors (Lipinski definition) is 2. The van der Waals surface area contributed by atoms with Gasteiger partial charge in [-0.3, -0.25) is 9.89 Å². The average molecular weight is 239 g/mol. The molecule has 0 unspecified atom stereocenters. The average Bonchev–Trinajstić information content (AvgIpc) is 2.65. The predicted molar refractivity (Wildman–Crippen MR) is 66.6 cm³/mol. The fraction of sp³-hybridized carbons (Fsp3) is 0.636. The summed E-state index contributed by atoms with van der Waals surface area (Å²) in [5.41, 5.74) is 0.962. The monoisotopic (exact) mass is 239 g/mol. The number of carbonyl (C=O) groups is 1. The Hall–Kier alpha value is -0.970. The van der Waals surface area contributed by atoms with Gasteiger partial charge in [-0.2, -0.15) is 16.9 Å². The van der Waals surface area contributed by atoms with E-state index in [0.29, 0.717) is 18.2 Å². The number of carbonyl (C=O) groups excluding carboxylic acids is 1. The molecule has 0 aliphatic carbocycles. The lowest BCUT2D eigenvalue weighted by atomic mass is 9.98. The summed E-state index contributed by atoms with van der Waals surface area (Å²) in [4.78, 5) is 11.7. The van der Waals surface area contributed by atoms with Gasteiger partial charge in [0.1, 0.15) is 0 Å². The highest BCUT2D eigenvalue weighted by Crippen LogP contribution is 2.25. The summed E-state index contributed by atoms with van der Waals surface area (Å²) in [6, 6.07) is 1.84. The Morgan fingerprint density at radius 3 is 3.00 bits per heavy atom. The van der Waals surface area contributed by atoms with E-state index in [-0.39, 0.29) is 5.91 Å². The van der Waals surface area contributed by atoms with Crippen LogP contribution in [0.1, 0.15) is 25.0 Å². The molecule has 88 valence electrons. The molecule has 0 spiro atoms. The van der Waals surface area contributed by atoms with Crippen LogP contribution in [0.25, 0.3) is 0 Å². The zero-order valence-electron chi connectivity index (χ0n) is 9.45. The number of thioether (sulfide) groups is 1. The number of aryl methyl sites for hydroxylation is 1. The Kier molecular flexibility index (Phi) is 3.88. The Morgan fingerprint density at radius 1 is 1.62 bits per heavy atom. The highest BCUT2D eigenvalue weighted by atomic mass is 32.2. The van der Waals surface area contributed by atoms with Crippen molar-refractivity contribution in [1.29, 1.82) is 0 Å². The fourth-order valence-corrected chi connectivity index (χ4v) is 3.09. The molecule has 1 aliphatic heterocycles. The minimum atomic E-state index is 0.0865. The minimum absolute atomic E-state index is 0.0865. The molecule has 1 aromatic heterocycles. The van der Waals surface area contributed by atoms with Gasteiger partial charge in [0, 0.05) is 18.2 Å². The van der Waals surface area contributed by atoms with Crippen molar-refractivity contribution in [3.05, 3.63) is 11.8 Å². The molecule has 4 nitrogen and oxygen atoms in total. The van der Waals surface area contributed by atoms with Crippen molar-refractivity contribution >= 4 is 23.5 Å². The Labute approximate surface area is 99.6 Å². The van der Waals surface area contributed by atoms with E-state index < -0.39 is 0 Å². The molecule has 2 rings (SSSR count). The van der Waals surface area contributed by atoms with E-state index in [4.69, 9.17) is 0 Å². The lowest BCUT2D eigenvalue weighted by molar-refractivity contribution is -0.117. The SMILES string of the molecule is Cc1cc(NC(=O)CC2CCSCC2)n[nH]1. The largest absolute Gasteiger partial charge is 0.309 e. The molecule has 2 heterocycles. The molecule has 0 atom stereocenters. The number of hydrogen-bond acceptors (Lipinski definition) is 3. The molecule has 16 heavy (non-hydrogen) atoms. The van der Waals surface area contributed by atoms with Crippen molar-refractivity contribution in [2.45, 2.75) is 26.2 Å². The van der Waals surface area contributed by atoms with E-state index in [9.17, 15) is 4.79 Å². The number of rotatable bonds is 3. The quantitative estimate of drug-likeness (QED) is 0.850. The molecule has 5 heteroatoms. The maximum Gasteiger partial charge on any atom is 0.225 e. The van der Waals surface area contributed by atoms with Crippen LogP contribution in [0.4, 0.5) is 5.82 Å². The standard InChI is InChI=1S/C11H17N3OS/c1-8-6-10(14-13-8)12-11(15)7-9-2-4-16-5-3-9/h6,9H,2-5,7H2,1H3,(H2,12,13,14,15). The molecule has 0 radical (unpaired) electrons. The maximum absolute atomic E-state index is 11.7. The summed E-state index contributed by atoms with van der Waals surface area (Å²) in [6.45, 7) is 1.92. The normalized spacial score (nSPS) is 17.3. The van der Waals surface area contributed by atoms with Crippen molar-refractivity contribution in [2.24, 2.45) is 5.92 Å². The van der Waals surface area contributed by atoms with Crippen LogP contribution < -0.4 is 5.32 Å². The smallest absolute Gasteiger partial charge is 0.225 e. The second-order valence-electron chi connectivity index (χ2n) is 4.24. The van der Waals surface area contributed by atoms with Gasteiger partial charge >= 0.3 is 0 Å². The summed E-state index contributed by atoms with van der Waals surface area (Å²) < 4.78 is 0. The lowest BCUT2D eigenvalue weighted by Gasteiger charge is -2.20. The third kappa shape index (κ3) is 3.27. The highest BCUT2D eigenvalue weighted by Gasteiger charge is 2.17. The maximum atomic E-state index is 11.7. The van der Waals surface area contributed by atoms with Crippen LogP contribution in [0.2, 0.25) is 0 Å². The van der Waals surface area contributed by atoms with Crippen LogP contribution in [-0.4, -0.2) is 27.6 Å². The van der Waals surface area contributed by atoms with Crippen molar-refractivity contribution < 1.29 is 4.79 Å². The minimum Gasteiger partial charge on any atom is -0.309 e. The number of aromatic nitrogens is 2. The molecule has 1 aromatic rings. The van der Waals surface area contributed by atoms with Crippen LogP contribution in [-0.2, 0) is 4.79 Å². The van der Waals surface area contributed by atoms with Gasteiger partial charge in [0.05, 0.1) is 0 Å². The molecular formula is C11H17N3OS. The summed E-state index contributed by atoms with van der Waals surface area (Å²) in [5, 5.41) is 9.62. The third-order valence-electron chi connectivity index (χ3n) is 2.79. The molecule has 0 saturated carbocycles. The van der Waals surface area contributed by atoms with E-state index in [1.54, 1.807) is 0 Å². The summed E-state index contributed by atoms with van der Waals surface area (Å²) >= 11 is 1.98. The van der Waals surface area contributed by atoms with Gasteiger partial charge in [-0.15, -0.1) is 0 Å². The van der Waals surface area contributed by atoms with Crippen LogP contribution >= 0.6 is 11.8 Å². The molecule has 1 aliphatic rings. The number of nitrogens with zero attached hydrogens (tertiary/aromatic N) is 1. The molecular weight excluding hydrogens is 222 g/mol. The van der Waals surface area contributed by atoms with Crippen LogP contribution in [0.3, 0.4) is 0 Å². The van der Waals surface area contributed by atoms with Crippen LogP contribution in [0, 0.1) is 12.8 Å². The number of anilines is 1. The van der Waals surface area contributed by atoms with E-state index in [1.165, 1.54) is 11.5 Å². The first-order chi connectivity index (χ1) is 7.74. The Bertz CT molecular complexity index is 358. The summed E-state index contributed by atoms with van der Waals surface area (Å²) in [5.74, 6) is 3.66. The van der Waals surface area contributed by atoms with Gasteiger partial charge < -0.3 is 5.32 Å². The molecule has 0 bridgehead atoms. The first kappa shape index (κ1) is 11.5. The second-order valence-corrected chi connectivity index (χ2v) is 5.47. The molecule has 1 saturated heterocycles. The number of H-pyrrole nitrogens is 1. The second kappa shape index (κ2) is 5.39. The third-order valence-corrected chi connectivity index (χ3v) is 3.84. The van der Waals surface area contributed by atoms with E-state index in [0.717, 1.165) is 18.5 Å². The van der Waals surface area contributed by atoms with Crippen LogP contribution in [0.15, 0.2) is 6.07 Å². The van der Waals surface area contributed by atoms with Gasteiger partial charge in [-0.1, -0.05) is 0 Å². The Balaban J connectivity index is 1.79. The van der Waals surface area contributed by atoms with Gasteiger partial charge in [0.25, 0.3) is 0 Å². The van der Waals surface area contributed by atoms with Crippen molar-refractivity contribution in [3.8, 4) is 0 Å². The summed E-state index contributed by atoms with van der Waals surface area (Å²) in [6.07, 6.45) is 2.96. The summed E-state index contributed by atoms with van der Waals surface area (Å²) in [7, 11) is 0. The van der Waals surface area contributed by atoms with E-state index in [1.807, 2.05) is 24.8 Å². The molecule has 1 fully saturated rings. The molecule has 1 amide bonds. The fourth-order valence-electron chi connectivity index (χ4n) is 1.89. The van der Waals surface area contributed by atoms with Crippen molar-refractivity contribution in [1.82, 2.24) is 10.2 Å².